The predicted octanol–water partition coefficient (Wildman–Crippen LogP) is 10.6. The Morgan fingerprint density at radius 2 is 1.18 bits per heavy atom. The first-order chi connectivity index (χ1) is 35.2. The van der Waals surface area contributed by atoms with Crippen molar-refractivity contribution in [3.63, 3.8) is 0 Å². The van der Waals surface area contributed by atoms with Gasteiger partial charge in [0.2, 0.25) is 0 Å². The maximum Gasteiger partial charge on any atom is 0.407 e. The second-order valence-electron chi connectivity index (χ2n) is 20.1. The molecule has 0 aliphatic heterocycles. The zero-order valence-electron chi connectivity index (χ0n) is 43.0. The van der Waals surface area contributed by atoms with E-state index in [-0.39, 0.29) is 45.9 Å². The van der Waals surface area contributed by atoms with Crippen molar-refractivity contribution in [2.75, 3.05) is 10.6 Å². The zero-order valence-corrected chi connectivity index (χ0v) is 46.3. The lowest BCUT2D eigenvalue weighted by Gasteiger charge is -2.28. The molecule has 2 aliphatic rings. The van der Waals surface area contributed by atoms with E-state index < -0.39 is 42.4 Å². The maximum atomic E-state index is 13.8. The molecule has 4 aromatic heterocycles. The van der Waals surface area contributed by atoms with Crippen LogP contribution >= 0.6 is 22.7 Å². The van der Waals surface area contributed by atoms with E-state index in [1.807, 2.05) is 51.1 Å². The van der Waals surface area contributed by atoms with E-state index in [0.29, 0.717) is 47.0 Å². The number of nitrogens with zero attached hydrogens (tertiary/aromatic N) is 6. The lowest BCUT2D eigenvalue weighted by Crippen LogP contribution is -2.39. The number of rotatable bonds is 19. The van der Waals surface area contributed by atoms with Crippen LogP contribution in [0.4, 0.5) is 32.6 Å². The van der Waals surface area contributed by atoms with Crippen molar-refractivity contribution in [1.29, 1.82) is 0 Å². The number of sulfone groups is 2. The highest BCUT2D eigenvalue weighted by molar-refractivity contribution is 7.92. The molecule has 2 aliphatic carbocycles. The Morgan fingerprint density at radius 3 is 1.64 bits per heavy atom. The number of benzene rings is 2. The van der Waals surface area contributed by atoms with Crippen LogP contribution in [0.15, 0.2) is 70.8 Å². The molecule has 0 saturated heterocycles. The van der Waals surface area contributed by atoms with Gasteiger partial charge in [0, 0.05) is 77.6 Å². The summed E-state index contributed by atoms with van der Waals surface area (Å²) in [4.78, 5) is 36.7. The Labute approximate surface area is 441 Å². The van der Waals surface area contributed by atoms with Gasteiger partial charge in [0.15, 0.2) is 31.3 Å². The van der Waals surface area contributed by atoms with Crippen molar-refractivity contribution >= 4 is 77.5 Å². The van der Waals surface area contributed by atoms with Crippen LogP contribution in [0, 0.1) is 0 Å². The number of ether oxygens (including phenoxy) is 2. The molecule has 2 aromatic carbocycles. The molecule has 0 bridgehead atoms. The van der Waals surface area contributed by atoms with E-state index >= 15 is 0 Å². The lowest BCUT2D eigenvalue weighted by atomic mass is 9.86. The molecule has 0 radical (unpaired) electrons. The fourth-order valence-corrected chi connectivity index (χ4v) is 14.2. The van der Waals surface area contributed by atoms with Crippen molar-refractivity contribution in [3.8, 4) is 20.9 Å². The molecule has 2 saturated carbocycles. The van der Waals surface area contributed by atoms with E-state index in [1.54, 1.807) is 70.1 Å². The van der Waals surface area contributed by atoms with Crippen molar-refractivity contribution in [2.45, 2.75) is 169 Å². The summed E-state index contributed by atoms with van der Waals surface area (Å²) in [7, 11) is -5.58. The molecule has 74 heavy (non-hydrogen) atoms. The third kappa shape index (κ3) is 13.3. The molecular formula is C51H67N11O8S4. The Hall–Kier alpha value is -5.91. The smallest absolute Gasteiger partial charge is 0.407 e. The first-order valence-corrected chi connectivity index (χ1v) is 30.0. The number of alkyl carbamates (subject to hydrolysis) is 2. The van der Waals surface area contributed by atoms with Gasteiger partial charge in [-0.1, -0.05) is 17.3 Å². The van der Waals surface area contributed by atoms with E-state index in [2.05, 4.69) is 41.8 Å². The minimum absolute atomic E-state index is 0.0447. The van der Waals surface area contributed by atoms with Gasteiger partial charge < -0.3 is 30.7 Å². The van der Waals surface area contributed by atoms with Gasteiger partial charge in [-0.2, -0.15) is 5.10 Å². The number of carbonyl (C=O) groups is 2. The molecule has 0 spiro atoms. The number of anilines is 4. The topological polar surface area (TPSA) is 254 Å². The normalized spacial score (nSPS) is 18.9. The molecule has 23 heteroatoms. The maximum absolute atomic E-state index is 13.8. The van der Waals surface area contributed by atoms with Gasteiger partial charge in [0.1, 0.15) is 6.10 Å². The van der Waals surface area contributed by atoms with E-state index in [0.717, 1.165) is 76.8 Å². The quantitative estimate of drug-likeness (QED) is 0.0506. The monoisotopic (exact) mass is 1090 g/mol. The molecule has 398 valence electrons. The van der Waals surface area contributed by atoms with Crippen LogP contribution in [0.5, 0.6) is 0 Å². The summed E-state index contributed by atoms with van der Waals surface area (Å²) in [6.07, 6.45) is 11.4. The molecule has 2 amide bonds. The number of carbonyl (C=O) groups excluding carboxylic acids is 2. The predicted molar refractivity (Wildman–Crippen MR) is 288 cm³/mol. The highest BCUT2D eigenvalue weighted by Crippen LogP contribution is 2.43. The van der Waals surface area contributed by atoms with Crippen LogP contribution in [0.25, 0.3) is 20.9 Å². The Balaban J connectivity index is 0.807. The minimum Gasteiger partial charge on any atom is -0.447 e. The summed E-state index contributed by atoms with van der Waals surface area (Å²) in [5, 5.41) is 28.5. The minimum atomic E-state index is -3.69. The molecule has 1 unspecified atom stereocenters. The SMILES string of the molecule is CC(C)OC(=O)NC1CCC(c2ncc(-c3ccc(Nc4cc(CCC(C)OC(=O)NC5CCC(c6ncc(-c7ccc(Nc8cn(C)nn8)cc7S(=O)(=O)C(C)C)s6)CC5)[nH]n4)cc3S(=O)(=O)C(C)C)s2)CC1. The van der Waals surface area contributed by atoms with Crippen molar-refractivity contribution in [3.05, 3.63) is 76.8 Å². The van der Waals surface area contributed by atoms with Crippen LogP contribution < -0.4 is 21.3 Å². The number of aromatic amines is 1. The summed E-state index contributed by atoms with van der Waals surface area (Å²) < 4.78 is 67.4. The molecule has 1 atom stereocenters. The van der Waals surface area contributed by atoms with Gasteiger partial charge in [-0.15, -0.1) is 27.8 Å². The average Bonchev–Trinajstić information content (AvgIpc) is 4.20. The molecular weight excluding hydrogens is 1020 g/mol. The largest absolute Gasteiger partial charge is 0.447 e. The number of amides is 2. The number of H-pyrrole nitrogens is 1. The molecule has 8 rings (SSSR count). The highest BCUT2D eigenvalue weighted by atomic mass is 32.2. The number of aromatic nitrogens is 7. The van der Waals surface area contributed by atoms with Gasteiger partial charge in [-0.05, 0) is 137 Å². The Bertz CT molecular complexity index is 3130. The second-order valence-corrected chi connectivity index (χ2v) is 27.2. The summed E-state index contributed by atoms with van der Waals surface area (Å²) in [5.41, 5.74) is 3.19. The van der Waals surface area contributed by atoms with Crippen molar-refractivity contribution < 1.29 is 35.9 Å². The Kier molecular flexibility index (Phi) is 17.1. The first kappa shape index (κ1) is 54.4. The van der Waals surface area contributed by atoms with E-state index in [4.69, 9.17) is 19.4 Å². The lowest BCUT2D eigenvalue weighted by molar-refractivity contribution is 0.0967. The van der Waals surface area contributed by atoms with Gasteiger partial charge in [0.25, 0.3) is 0 Å². The molecule has 19 nitrogen and oxygen atoms in total. The van der Waals surface area contributed by atoms with E-state index in [9.17, 15) is 26.4 Å². The summed E-state index contributed by atoms with van der Waals surface area (Å²) in [5.74, 6) is 1.43. The zero-order chi connectivity index (χ0) is 52.9. The van der Waals surface area contributed by atoms with E-state index in [1.165, 1.54) is 22.7 Å². The Morgan fingerprint density at radius 1 is 0.689 bits per heavy atom. The average molecular weight is 1090 g/mol. The van der Waals surface area contributed by atoms with Gasteiger partial charge in [-0.3, -0.25) is 9.78 Å². The highest BCUT2D eigenvalue weighted by Gasteiger charge is 2.31. The van der Waals surface area contributed by atoms with Gasteiger partial charge in [-0.25, -0.2) is 36.4 Å². The van der Waals surface area contributed by atoms with Crippen LogP contribution in [0.2, 0.25) is 0 Å². The summed E-state index contributed by atoms with van der Waals surface area (Å²) in [6.45, 7) is 12.2. The fraction of sp³-hybridized carbons (Fsp3) is 0.510. The van der Waals surface area contributed by atoms with Gasteiger partial charge in [0.05, 0.1) is 52.4 Å². The van der Waals surface area contributed by atoms with Gasteiger partial charge >= 0.3 is 12.2 Å². The standard InChI is InChI=1S/C51H67N11O8S4/c1-29(2)69-50(63)56-35-15-10-33(11-16-35)48-52-26-42(71-48)40-21-19-37(23-44(40)73(65,66)30(3)4)54-46-25-39(58-59-46)14-9-32(7)70-51(64)57-36-17-12-34(13-18-36)49-53-27-43(72-49)41-22-20-38(55-47-28-62(8)61-60-47)24-45(41)74(67,68)31(5)6/h19-36,55H,9-18H2,1-8H3,(H,56,63)(H,57,64)(H2,54,58,59). The summed E-state index contributed by atoms with van der Waals surface area (Å²) in [6, 6.07) is 12.5. The number of hydrogen-bond acceptors (Lipinski definition) is 17. The number of aryl methyl sites for hydroxylation is 2. The van der Waals surface area contributed by atoms with Crippen LogP contribution in [0.3, 0.4) is 0 Å². The third-order valence-corrected chi connectivity index (χ3v) is 20.2. The molecule has 6 aromatic rings. The molecule has 2 fully saturated rings. The second kappa shape index (κ2) is 23.3. The number of thiazole rings is 2. The summed E-state index contributed by atoms with van der Waals surface area (Å²) >= 11 is 3.02. The number of nitrogens with one attached hydrogen (secondary N) is 5. The fourth-order valence-electron chi connectivity index (χ4n) is 9.23. The molecule has 5 N–H and O–H groups in total. The first-order valence-electron chi connectivity index (χ1n) is 25.3. The van der Waals surface area contributed by atoms with Crippen molar-refractivity contribution in [2.24, 2.45) is 7.05 Å². The van der Waals surface area contributed by atoms with Crippen LogP contribution in [0.1, 0.15) is 134 Å². The number of hydrogen-bond donors (Lipinski definition) is 5. The molecule has 4 heterocycles. The van der Waals surface area contributed by atoms with Crippen LogP contribution in [-0.4, -0.2) is 99.0 Å². The van der Waals surface area contributed by atoms with Crippen molar-refractivity contribution in [1.82, 2.24) is 45.8 Å². The third-order valence-electron chi connectivity index (χ3n) is 13.4. The van der Waals surface area contributed by atoms with Crippen LogP contribution in [-0.2, 0) is 42.6 Å².